The summed E-state index contributed by atoms with van der Waals surface area (Å²) in [7, 11) is 1.76. The van der Waals surface area contributed by atoms with Crippen LogP contribution in [0.3, 0.4) is 0 Å². The lowest BCUT2D eigenvalue weighted by molar-refractivity contribution is -0.175. The van der Waals surface area contributed by atoms with Crippen LogP contribution in [0.4, 0.5) is 19.0 Å². The van der Waals surface area contributed by atoms with Gasteiger partial charge in [0, 0.05) is 44.4 Å². The molecule has 2 aromatic heterocycles. The monoisotopic (exact) mass is 438 g/mol. The molecule has 7 nitrogen and oxygen atoms in total. The molecule has 1 saturated heterocycles. The first-order valence-electron chi connectivity index (χ1n) is 10.6. The Balaban J connectivity index is 1.50. The zero-order chi connectivity index (χ0) is 22.6. The van der Waals surface area contributed by atoms with E-state index in [1.807, 2.05) is 20.8 Å². The number of piperidine rings is 1. The SMILES string of the molecule is Cn1cc(C(=O)N2CCC(c3cc4n(n3)[C@@H](C(F)(F)F)C[C@@H](C(C)(C)C)N4)CC2)cn1. The van der Waals surface area contributed by atoms with E-state index in [4.69, 9.17) is 0 Å². The highest BCUT2D eigenvalue weighted by atomic mass is 19.4. The summed E-state index contributed by atoms with van der Waals surface area (Å²) in [6.45, 7) is 6.92. The molecule has 0 aromatic carbocycles. The number of rotatable bonds is 2. The Morgan fingerprint density at radius 3 is 2.42 bits per heavy atom. The van der Waals surface area contributed by atoms with Crippen molar-refractivity contribution in [3.63, 3.8) is 0 Å². The van der Waals surface area contributed by atoms with E-state index >= 15 is 0 Å². The number of hydrogen-bond acceptors (Lipinski definition) is 4. The predicted molar refractivity (Wildman–Crippen MR) is 110 cm³/mol. The van der Waals surface area contributed by atoms with Gasteiger partial charge in [-0.1, -0.05) is 20.8 Å². The Morgan fingerprint density at radius 2 is 1.87 bits per heavy atom. The molecule has 0 bridgehead atoms. The molecule has 0 spiro atoms. The molecule has 1 N–H and O–H groups in total. The Labute approximate surface area is 179 Å². The molecule has 2 aromatic rings. The van der Waals surface area contributed by atoms with Crippen molar-refractivity contribution in [2.45, 2.75) is 64.2 Å². The molecule has 2 aliphatic rings. The van der Waals surface area contributed by atoms with Gasteiger partial charge in [0.05, 0.1) is 17.5 Å². The number of amides is 1. The van der Waals surface area contributed by atoms with Gasteiger partial charge < -0.3 is 10.2 Å². The second-order valence-corrected chi connectivity index (χ2v) is 9.72. The number of anilines is 1. The van der Waals surface area contributed by atoms with Crippen LogP contribution < -0.4 is 5.32 Å². The molecular formula is C21H29F3N6O. The lowest BCUT2D eigenvalue weighted by atomic mass is 9.82. The van der Waals surface area contributed by atoms with Crippen LogP contribution in [0.1, 0.15) is 68.0 Å². The molecule has 2 aliphatic heterocycles. The fraction of sp³-hybridized carbons (Fsp3) is 0.667. The van der Waals surface area contributed by atoms with Crippen molar-refractivity contribution in [1.82, 2.24) is 24.5 Å². The zero-order valence-electron chi connectivity index (χ0n) is 18.3. The highest BCUT2D eigenvalue weighted by molar-refractivity contribution is 5.93. The van der Waals surface area contributed by atoms with Gasteiger partial charge in [-0.05, 0) is 24.7 Å². The van der Waals surface area contributed by atoms with Crippen LogP contribution >= 0.6 is 0 Å². The second kappa shape index (κ2) is 7.56. The van der Waals surface area contributed by atoms with Crippen molar-refractivity contribution in [3.8, 4) is 0 Å². The molecule has 4 heterocycles. The van der Waals surface area contributed by atoms with Gasteiger partial charge in [-0.25, -0.2) is 4.68 Å². The van der Waals surface area contributed by atoms with E-state index in [-0.39, 0.29) is 29.7 Å². The maximum Gasteiger partial charge on any atom is 0.410 e. The predicted octanol–water partition coefficient (Wildman–Crippen LogP) is 3.97. The number of carbonyl (C=O) groups excluding carboxylic acids is 1. The molecule has 2 atom stereocenters. The van der Waals surface area contributed by atoms with Gasteiger partial charge in [0.2, 0.25) is 0 Å². The Bertz CT molecular complexity index is 949. The van der Waals surface area contributed by atoms with Crippen molar-refractivity contribution >= 4 is 11.7 Å². The highest BCUT2D eigenvalue weighted by Crippen LogP contribution is 2.44. The quantitative estimate of drug-likeness (QED) is 0.771. The third-order valence-corrected chi connectivity index (χ3v) is 6.41. The van der Waals surface area contributed by atoms with Gasteiger partial charge in [0.1, 0.15) is 5.82 Å². The van der Waals surface area contributed by atoms with Crippen LogP contribution in [0, 0.1) is 5.41 Å². The number of nitrogens with one attached hydrogen (secondary N) is 1. The Hall–Kier alpha value is -2.52. The summed E-state index contributed by atoms with van der Waals surface area (Å²) in [6.07, 6.45) is 0.172. The van der Waals surface area contributed by atoms with E-state index in [1.54, 1.807) is 35.1 Å². The Kier molecular flexibility index (Phi) is 5.29. The Morgan fingerprint density at radius 1 is 1.19 bits per heavy atom. The average molecular weight is 438 g/mol. The summed E-state index contributed by atoms with van der Waals surface area (Å²) < 4.78 is 44.1. The lowest BCUT2D eigenvalue weighted by Crippen LogP contribution is -2.44. The molecule has 4 rings (SSSR count). The molecular weight excluding hydrogens is 409 g/mol. The van der Waals surface area contributed by atoms with Crippen molar-refractivity contribution in [1.29, 1.82) is 0 Å². The van der Waals surface area contributed by atoms with Crippen molar-refractivity contribution in [2.75, 3.05) is 18.4 Å². The third kappa shape index (κ3) is 4.29. The van der Waals surface area contributed by atoms with Gasteiger partial charge in [-0.3, -0.25) is 9.48 Å². The summed E-state index contributed by atoms with van der Waals surface area (Å²) in [5.41, 5.74) is 0.903. The molecule has 0 unspecified atom stereocenters. The lowest BCUT2D eigenvalue weighted by Gasteiger charge is -2.39. The number of nitrogens with zero attached hydrogens (tertiary/aromatic N) is 5. The smallest absolute Gasteiger partial charge is 0.367 e. The van der Waals surface area contributed by atoms with E-state index in [9.17, 15) is 18.0 Å². The fourth-order valence-electron chi connectivity index (χ4n) is 4.45. The van der Waals surface area contributed by atoms with Gasteiger partial charge in [0.15, 0.2) is 6.04 Å². The first-order valence-corrected chi connectivity index (χ1v) is 10.6. The summed E-state index contributed by atoms with van der Waals surface area (Å²) in [5.74, 6) is 0.389. The van der Waals surface area contributed by atoms with Crippen LogP contribution in [0.5, 0.6) is 0 Å². The van der Waals surface area contributed by atoms with Gasteiger partial charge in [-0.15, -0.1) is 0 Å². The normalized spacial score (nSPS) is 22.9. The van der Waals surface area contributed by atoms with Crippen molar-refractivity contribution < 1.29 is 18.0 Å². The summed E-state index contributed by atoms with van der Waals surface area (Å²) in [4.78, 5) is 14.4. The zero-order valence-corrected chi connectivity index (χ0v) is 18.3. The molecule has 31 heavy (non-hydrogen) atoms. The molecule has 1 fully saturated rings. The van der Waals surface area contributed by atoms with E-state index < -0.39 is 12.2 Å². The van der Waals surface area contributed by atoms with Crippen LogP contribution in [-0.2, 0) is 7.05 Å². The molecule has 1 amide bonds. The molecule has 0 radical (unpaired) electrons. The number of halogens is 3. The molecule has 10 heteroatoms. The first kappa shape index (κ1) is 21.7. The third-order valence-electron chi connectivity index (χ3n) is 6.41. The number of aryl methyl sites for hydroxylation is 1. The minimum Gasteiger partial charge on any atom is -0.367 e. The topological polar surface area (TPSA) is 68.0 Å². The number of likely N-dealkylation sites (tertiary alicyclic amines) is 1. The van der Waals surface area contributed by atoms with Gasteiger partial charge >= 0.3 is 6.18 Å². The fourth-order valence-corrected chi connectivity index (χ4v) is 4.45. The number of carbonyl (C=O) groups is 1. The standard InChI is InChI=1S/C21H29F3N6O/c1-20(2,3)16-10-17(21(22,23)24)30-18(26-16)9-15(27-30)13-5-7-29(8-6-13)19(31)14-11-25-28(4)12-14/h9,11-13,16-17,26H,5-8,10H2,1-4H3/t16-,17+/m0/s1. The van der Waals surface area contributed by atoms with E-state index in [0.29, 0.717) is 43.0 Å². The summed E-state index contributed by atoms with van der Waals surface area (Å²) >= 11 is 0. The largest absolute Gasteiger partial charge is 0.410 e. The van der Waals surface area contributed by atoms with E-state index in [1.165, 1.54) is 0 Å². The average Bonchev–Trinajstić information content (AvgIpc) is 3.31. The second-order valence-electron chi connectivity index (χ2n) is 9.72. The van der Waals surface area contributed by atoms with E-state index in [2.05, 4.69) is 15.5 Å². The van der Waals surface area contributed by atoms with Crippen LogP contribution in [0.15, 0.2) is 18.5 Å². The van der Waals surface area contributed by atoms with Crippen molar-refractivity contribution in [3.05, 3.63) is 29.7 Å². The molecule has 0 aliphatic carbocycles. The summed E-state index contributed by atoms with van der Waals surface area (Å²) in [6, 6.07) is -0.163. The maximum atomic E-state index is 13.8. The van der Waals surface area contributed by atoms with Crippen molar-refractivity contribution in [2.24, 2.45) is 12.5 Å². The number of fused-ring (bicyclic) bond motifs is 1. The van der Waals surface area contributed by atoms with Crippen LogP contribution in [-0.4, -0.2) is 55.7 Å². The number of aromatic nitrogens is 4. The van der Waals surface area contributed by atoms with Gasteiger partial charge in [-0.2, -0.15) is 23.4 Å². The number of hydrogen-bond donors (Lipinski definition) is 1. The van der Waals surface area contributed by atoms with Crippen LogP contribution in [0.25, 0.3) is 0 Å². The van der Waals surface area contributed by atoms with Crippen LogP contribution in [0.2, 0.25) is 0 Å². The highest BCUT2D eigenvalue weighted by Gasteiger charge is 2.48. The molecule has 0 saturated carbocycles. The van der Waals surface area contributed by atoms with Gasteiger partial charge in [0.25, 0.3) is 5.91 Å². The minimum atomic E-state index is -4.36. The summed E-state index contributed by atoms with van der Waals surface area (Å²) in [5, 5.41) is 11.7. The number of alkyl halides is 3. The maximum absolute atomic E-state index is 13.8. The molecule has 170 valence electrons. The first-order chi connectivity index (χ1) is 14.4. The van der Waals surface area contributed by atoms with E-state index in [0.717, 1.165) is 4.68 Å². The minimum absolute atomic E-state index is 0.0276.